The molecule has 0 saturated carbocycles. The third kappa shape index (κ3) is 3.27. The van der Waals surface area contributed by atoms with E-state index in [0.717, 1.165) is 5.56 Å². The minimum atomic E-state index is -0.820. The summed E-state index contributed by atoms with van der Waals surface area (Å²) in [4.78, 5) is 28.2. The number of rotatable bonds is 6. The van der Waals surface area contributed by atoms with Crippen molar-refractivity contribution >= 4 is 28.5 Å². The zero-order chi connectivity index (χ0) is 23.2. The van der Waals surface area contributed by atoms with Gasteiger partial charge in [0.05, 0.1) is 44.9 Å². The van der Waals surface area contributed by atoms with Gasteiger partial charge in [0.2, 0.25) is 11.5 Å². The number of nitrogens with zero attached hydrogens (tertiary/aromatic N) is 1. The number of amides is 1. The number of hydrogen-bond acceptors (Lipinski definition) is 7. The fourth-order valence-corrected chi connectivity index (χ4v) is 4.25. The first-order valence-electron chi connectivity index (χ1n) is 9.84. The molecule has 3 aromatic rings. The lowest BCUT2D eigenvalue weighted by molar-refractivity contribution is 0.0691. The predicted octanol–water partition coefficient (Wildman–Crippen LogP) is 3.32. The molecule has 0 bridgehead atoms. The molecule has 0 spiro atoms. The van der Waals surface area contributed by atoms with Crippen LogP contribution in [-0.2, 0) is 0 Å². The standard InChI is InChI=1S/C23H22ClNO7/c1-11-7-15-13(10-14(11)24)20(27)18-19(25(5-6-26)23(28)22(18)32-15)12-8-16(29-2)21(31-4)17(9-12)30-3/h7-10,19,26H,5-6H2,1-4H3/t19-/m1/s1. The number of carbonyl (C=O) groups excluding carboxylic acids is 1. The highest BCUT2D eigenvalue weighted by Crippen LogP contribution is 2.45. The average molecular weight is 460 g/mol. The molecule has 0 radical (unpaired) electrons. The Morgan fingerprint density at radius 3 is 2.28 bits per heavy atom. The van der Waals surface area contributed by atoms with Gasteiger partial charge in [-0.05, 0) is 42.3 Å². The number of carbonyl (C=O) groups is 1. The van der Waals surface area contributed by atoms with E-state index in [4.69, 9.17) is 30.2 Å². The molecular weight excluding hydrogens is 438 g/mol. The molecule has 0 unspecified atom stereocenters. The van der Waals surface area contributed by atoms with E-state index in [2.05, 4.69) is 0 Å². The Morgan fingerprint density at radius 1 is 1.06 bits per heavy atom. The van der Waals surface area contributed by atoms with Crippen LogP contribution in [0.15, 0.2) is 33.5 Å². The molecule has 9 heteroatoms. The Kier molecular flexibility index (Phi) is 5.75. The minimum absolute atomic E-state index is 0.0000701. The third-order valence-electron chi connectivity index (χ3n) is 5.59. The molecule has 2 heterocycles. The SMILES string of the molecule is COc1cc([C@@H]2c3c(oc4cc(C)c(Cl)cc4c3=O)C(=O)N2CCO)cc(OC)c1OC. The van der Waals surface area contributed by atoms with Gasteiger partial charge >= 0.3 is 0 Å². The second-order valence-electron chi connectivity index (χ2n) is 7.35. The van der Waals surface area contributed by atoms with Gasteiger partial charge in [0.15, 0.2) is 16.9 Å². The monoisotopic (exact) mass is 459 g/mol. The van der Waals surface area contributed by atoms with Crippen molar-refractivity contribution in [1.82, 2.24) is 4.90 Å². The van der Waals surface area contributed by atoms with Crippen LogP contribution in [0.3, 0.4) is 0 Å². The summed E-state index contributed by atoms with van der Waals surface area (Å²) in [6, 6.07) is 5.70. The van der Waals surface area contributed by atoms with Crippen LogP contribution in [-0.4, -0.2) is 50.4 Å². The van der Waals surface area contributed by atoms with Gasteiger partial charge in [0.25, 0.3) is 5.91 Å². The van der Waals surface area contributed by atoms with Crippen LogP contribution >= 0.6 is 11.6 Å². The van der Waals surface area contributed by atoms with E-state index in [-0.39, 0.29) is 40.9 Å². The number of aliphatic hydroxyl groups excluding tert-OH is 1. The van der Waals surface area contributed by atoms with Crippen LogP contribution in [0.25, 0.3) is 11.0 Å². The van der Waals surface area contributed by atoms with Crippen molar-refractivity contribution in [2.45, 2.75) is 13.0 Å². The number of hydrogen-bond donors (Lipinski definition) is 1. The van der Waals surface area contributed by atoms with Gasteiger partial charge in [-0.2, -0.15) is 0 Å². The van der Waals surface area contributed by atoms with Gasteiger partial charge < -0.3 is 28.6 Å². The zero-order valence-corrected chi connectivity index (χ0v) is 18.8. The van der Waals surface area contributed by atoms with Gasteiger partial charge in [0.1, 0.15) is 5.58 Å². The van der Waals surface area contributed by atoms with E-state index in [1.54, 1.807) is 31.2 Å². The quantitative estimate of drug-likeness (QED) is 0.603. The summed E-state index contributed by atoms with van der Waals surface area (Å²) in [6.45, 7) is 1.49. The summed E-state index contributed by atoms with van der Waals surface area (Å²) in [5.74, 6) is 0.576. The zero-order valence-electron chi connectivity index (χ0n) is 18.0. The van der Waals surface area contributed by atoms with Crippen LogP contribution in [0.1, 0.15) is 33.3 Å². The first-order valence-corrected chi connectivity index (χ1v) is 10.2. The van der Waals surface area contributed by atoms with Gasteiger partial charge in [-0.25, -0.2) is 0 Å². The molecule has 8 nitrogen and oxygen atoms in total. The Balaban J connectivity index is 2.03. The number of halogens is 1. The van der Waals surface area contributed by atoms with Gasteiger partial charge in [-0.1, -0.05) is 11.6 Å². The van der Waals surface area contributed by atoms with Crippen LogP contribution < -0.4 is 19.6 Å². The molecule has 32 heavy (non-hydrogen) atoms. The van der Waals surface area contributed by atoms with Crippen LogP contribution in [0.4, 0.5) is 0 Å². The van der Waals surface area contributed by atoms with E-state index in [0.29, 0.717) is 27.8 Å². The van der Waals surface area contributed by atoms with Crippen molar-refractivity contribution in [3.63, 3.8) is 0 Å². The molecule has 1 aliphatic rings. The maximum atomic E-state index is 13.5. The number of aliphatic hydroxyl groups is 1. The first kappa shape index (κ1) is 22.0. The van der Waals surface area contributed by atoms with Crippen LogP contribution in [0.5, 0.6) is 17.2 Å². The number of fused-ring (bicyclic) bond motifs is 2. The summed E-state index contributed by atoms with van der Waals surface area (Å²) in [7, 11) is 4.44. The lowest BCUT2D eigenvalue weighted by atomic mass is 9.97. The summed E-state index contributed by atoms with van der Waals surface area (Å²) in [5.41, 5.74) is 1.35. The third-order valence-corrected chi connectivity index (χ3v) is 6.00. The highest BCUT2D eigenvalue weighted by Gasteiger charge is 2.43. The van der Waals surface area contributed by atoms with Crippen LogP contribution in [0, 0.1) is 6.92 Å². The highest BCUT2D eigenvalue weighted by molar-refractivity contribution is 6.32. The Labute approximate surface area is 188 Å². The molecule has 1 N–H and O–H groups in total. The molecule has 1 aliphatic heterocycles. The lowest BCUT2D eigenvalue weighted by Crippen LogP contribution is -2.32. The van der Waals surface area contributed by atoms with E-state index in [1.807, 2.05) is 0 Å². The van der Waals surface area contributed by atoms with Gasteiger partial charge in [-0.15, -0.1) is 0 Å². The van der Waals surface area contributed by atoms with Gasteiger partial charge in [0, 0.05) is 11.6 Å². The summed E-state index contributed by atoms with van der Waals surface area (Å²) in [6.07, 6.45) is 0. The lowest BCUT2D eigenvalue weighted by Gasteiger charge is -2.25. The van der Waals surface area contributed by atoms with E-state index in [1.165, 1.54) is 26.2 Å². The summed E-state index contributed by atoms with van der Waals surface area (Å²) in [5, 5.41) is 10.3. The topological polar surface area (TPSA) is 98.4 Å². The molecule has 1 atom stereocenters. The molecule has 1 amide bonds. The molecule has 0 fully saturated rings. The fraction of sp³-hybridized carbons (Fsp3) is 0.304. The van der Waals surface area contributed by atoms with Crippen molar-refractivity contribution in [1.29, 1.82) is 0 Å². The second-order valence-corrected chi connectivity index (χ2v) is 7.76. The van der Waals surface area contributed by atoms with E-state index in [9.17, 15) is 14.7 Å². The largest absolute Gasteiger partial charge is 0.493 e. The number of ether oxygens (including phenoxy) is 3. The highest BCUT2D eigenvalue weighted by atomic mass is 35.5. The maximum absolute atomic E-state index is 13.5. The Bertz CT molecular complexity index is 1260. The fourth-order valence-electron chi connectivity index (χ4n) is 4.09. The molecule has 2 aromatic carbocycles. The smallest absolute Gasteiger partial charge is 0.290 e. The predicted molar refractivity (Wildman–Crippen MR) is 118 cm³/mol. The maximum Gasteiger partial charge on any atom is 0.290 e. The normalized spacial score (nSPS) is 15.2. The molecule has 1 aromatic heterocycles. The number of β-amino-alcohol motifs (C(OH)–C–C–N with tert-alkyl or cyclic N) is 1. The molecule has 168 valence electrons. The van der Waals surface area contributed by atoms with E-state index >= 15 is 0 Å². The number of aryl methyl sites for hydroxylation is 1. The van der Waals surface area contributed by atoms with Crippen molar-refractivity contribution < 1.29 is 28.5 Å². The molecule has 4 rings (SSSR count). The number of methoxy groups -OCH3 is 3. The number of benzene rings is 2. The van der Waals surface area contributed by atoms with Crippen molar-refractivity contribution in [3.8, 4) is 17.2 Å². The van der Waals surface area contributed by atoms with E-state index < -0.39 is 11.9 Å². The van der Waals surface area contributed by atoms with Crippen molar-refractivity contribution in [2.75, 3.05) is 34.5 Å². The molecular formula is C23H22ClNO7. The van der Waals surface area contributed by atoms with Crippen molar-refractivity contribution in [2.24, 2.45) is 0 Å². The second kappa shape index (κ2) is 8.37. The first-order chi connectivity index (χ1) is 15.4. The Morgan fingerprint density at radius 2 is 1.72 bits per heavy atom. The van der Waals surface area contributed by atoms with Crippen LogP contribution in [0.2, 0.25) is 5.02 Å². The molecule has 0 aliphatic carbocycles. The minimum Gasteiger partial charge on any atom is -0.493 e. The molecule has 0 saturated heterocycles. The van der Waals surface area contributed by atoms with Gasteiger partial charge in [-0.3, -0.25) is 9.59 Å². The average Bonchev–Trinajstić information content (AvgIpc) is 3.06. The summed E-state index contributed by atoms with van der Waals surface area (Å²) < 4.78 is 22.2. The Hall–Kier alpha value is -3.23. The van der Waals surface area contributed by atoms with Crippen molar-refractivity contribution in [3.05, 3.63) is 62.0 Å². The summed E-state index contributed by atoms with van der Waals surface area (Å²) >= 11 is 6.25.